The molecule has 78 valence electrons. The summed E-state index contributed by atoms with van der Waals surface area (Å²) in [5, 5.41) is 10.00. The smallest absolute Gasteiger partial charge is 0.339 e. The Bertz CT molecular complexity index is 557. The minimum atomic E-state index is -0.991. The van der Waals surface area contributed by atoms with Gasteiger partial charge in [0, 0.05) is 12.4 Å². The summed E-state index contributed by atoms with van der Waals surface area (Å²) in [6.07, 6.45) is 0. The molecule has 0 atom stereocenters. The molecule has 0 aliphatic carbocycles. The van der Waals surface area contributed by atoms with Gasteiger partial charge in [0.15, 0.2) is 0 Å². The van der Waals surface area contributed by atoms with Gasteiger partial charge in [0.25, 0.3) is 0 Å². The van der Waals surface area contributed by atoms with E-state index < -0.39 is 5.97 Å². The second-order valence-corrected chi connectivity index (χ2v) is 3.91. The fourth-order valence-corrected chi connectivity index (χ4v) is 1.99. The molecule has 4 heteroatoms. The average molecular weight is 224 g/mol. The van der Waals surface area contributed by atoms with Gasteiger partial charge in [0.2, 0.25) is 0 Å². The maximum atomic E-state index is 11.0. The van der Waals surface area contributed by atoms with E-state index in [9.17, 15) is 4.79 Å². The molecule has 0 amide bonds. The fraction of sp³-hybridized carbons (Fsp3) is 0.182. The summed E-state index contributed by atoms with van der Waals surface area (Å²) >= 11 is 5.97. The molecule has 0 spiro atoms. The lowest BCUT2D eigenvalue weighted by molar-refractivity contribution is 0.0699. The normalized spacial score (nSPS) is 10.9. The average Bonchev–Trinajstić information content (AvgIpc) is 2.41. The standard InChI is InChI=1S/C11H10ClNO2/c1-6-3-4-7-8(5-6)13(2)10(12)9(7)11(14)15/h3-5H,1-2H3,(H,14,15). The summed E-state index contributed by atoms with van der Waals surface area (Å²) < 4.78 is 1.69. The lowest BCUT2D eigenvalue weighted by atomic mass is 10.1. The number of rotatable bonds is 1. The van der Waals surface area contributed by atoms with Crippen molar-refractivity contribution in [1.29, 1.82) is 0 Å². The Labute approximate surface area is 91.9 Å². The van der Waals surface area contributed by atoms with Crippen LogP contribution in [0.5, 0.6) is 0 Å². The van der Waals surface area contributed by atoms with Crippen LogP contribution in [0.4, 0.5) is 0 Å². The number of aromatic carboxylic acids is 1. The molecule has 1 aromatic heterocycles. The number of aryl methyl sites for hydroxylation is 2. The van der Waals surface area contributed by atoms with E-state index in [1.165, 1.54) is 0 Å². The van der Waals surface area contributed by atoms with Gasteiger partial charge in [0.05, 0.1) is 5.52 Å². The third-order valence-electron chi connectivity index (χ3n) is 2.50. The monoisotopic (exact) mass is 223 g/mol. The van der Waals surface area contributed by atoms with Crippen LogP contribution >= 0.6 is 11.6 Å². The van der Waals surface area contributed by atoms with E-state index in [2.05, 4.69) is 0 Å². The van der Waals surface area contributed by atoms with Crippen molar-refractivity contribution >= 4 is 28.5 Å². The molecule has 0 unspecified atom stereocenters. The topological polar surface area (TPSA) is 42.2 Å². The third kappa shape index (κ3) is 1.39. The molecular formula is C11H10ClNO2. The molecule has 15 heavy (non-hydrogen) atoms. The highest BCUT2D eigenvalue weighted by molar-refractivity contribution is 6.35. The van der Waals surface area contributed by atoms with Crippen LogP contribution in [0.3, 0.4) is 0 Å². The molecule has 0 aliphatic heterocycles. The summed E-state index contributed by atoms with van der Waals surface area (Å²) in [7, 11) is 1.76. The van der Waals surface area contributed by atoms with E-state index in [4.69, 9.17) is 16.7 Å². The van der Waals surface area contributed by atoms with Gasteiger partial charge in [-0.3, -0.25) is 0 Å². The first-order chi connectivity index (χ1) is 7.02. The molecular weight excluding hydrogens is 214 g/mol. The van der Waals surface area contributed by atoms with Gasteiger partial charge in [-0.1, -0.05) is 23.7 Å². The second kappa shape index (κ2) is 3.28. The lowest BCUT2D eigenvalue weighted by Gasteiger charge is -1.97. The number of halogens is 1. The Morgan fingerprint density at radius 1 is 1.47 bits per heavy atom. The van der Waals surface area contributed by atoms with E-state index in [1.54, 1.807) is 17.7 Å². The van der Waals surface area contributed by atoms with Crippen LogP contribution in [0.15, 0.2) is 18.2 Å². The van der Waals surface area contributed by atoms with Crippen molar-refractivity contribution in [2.45, 2.75) is 6.92 Å². The SMILES string of the molecule is Cc1ccc2c(C(=O)O)c(Cl)n(C)c2c1. The van der Waals surface area contributed by atoms with E-state index >= 15 is 0 Å². The van der Waals surface area contributed by atoms with Crippen LogP contribution in [-0.4, -0.2) is 15.6 Å². The number of hydrogen-bond acceptors (Lipinski definition) is 1. The number of hydrogen-bond donors (Lipinski definition) is 1. The number of fused-ring (bicyclic) bond motifs is 1. The van der Waals surface area contributed by atoms with Gasteiger partial charge in [-0.25, -0.2) is 4.79 Å². The van der Waals surface area contributed by atoms with Crippen LogP contribution in [0.2, 0.25) is 5.15 Å². The number of carboxylic acid groups (broad SMARTS) is 1. The predicted molar refractivity (Wildman–Crippen MR) is 59.6 cm³/mol. The lowest BCUT2D eigenvalue weighted by Crippen LogP contribution is -1.96. The molecule has 0 saturated carbocycles. The summed E-state index contributed by atoms with van der Waals surface area (Å²) in [5.74, 6) is -0.991. The van der Waals surface area contributed by atoms with Gasteiger partial charge in [-0.05, 0) is 18.6 Å². The third-order valence-corrected chi connectivity index (χ3v) is 2.94. The zero-order valence-electron chi connectivity index (χ0n) is 8.41. The highest BCUT2D eigenvalue weighted by Gasteiger charge is 2.18. The van der Waals surface area contributed by atoms with Crippen LogP contribution in [0.25, 0.3) is 10.9 Å². The Morgan fingerprint density at radius 2 is 2.13 bits per heavy atom. The van der Waals surface area contributed by atoms with Crippen LogP contribution in [-0.2, 0) is 7.05 Å². The molecule has 1 N–H and O–H groups in total. The fourth-order valence-electron chi connectivity index (χ4n) is 1.72. The van der Waals surface area contributed by atoms with Gasteiger partial charge in [0.1, 0.15) is 10.7 Å². The zero-order chi connectivity index (χ0) is 11.2. The number of aromatic nitrogens is 1. The highest BCUT2D eigenvalue weighted by Crippen LogP contribution is 2.29. The molecule has 2 aromatic rings. The molecule has 3 nitrogen and oxygen atoms in total. The Morgan fingerprint density at radius 3 is 2.73 bits per heavy atom. The Balaban J connectivity index is 2.93. The van der Waals surface area contributed by atoms with Crippen LogP contribution < -0.4 is 0 Å². The van der Waals surface area contributed by atoms with Crippen molar-refractivity contribution in [3.63, 3.8) is 0 Å². The first-order valence-electron chi connectivity index (χ1n) is 4.50. The van der Waals surface area contributed by atoms with Crippen molar-refractivity contribution in [2.24, 2.45) is 7.05 Å². The molecule has 1 aromatic carbocycles. The van der Waals surface area contributed by atoms with E-state index in [0.29, 0.717) is 5.39 Å². The highest BCUT2D eigenvalue weighted by atomic mass is 35.5. The van der Waals surface area contributed by atoms with E-state index in [0.717, 1.165) is 11.1 Å². The van der Waals surface area contributed by atoms with E-state index in [1.807, 2.05) is 19.1 Å². The maximum absolute atomic E-state index is 11.0. The Hall–Kier alpha value is -1.48. The molecule has 0 aliphatic rings. The van der Waals surface area contributed by atoms with Crippen molar-refractivity contribution in [3.05, 3.63) is 34.5 Å². The van der Waals surface area contributed by atoms with Crippen molar-refractivity contribution in [3.8, 4) is 0 Å². The van der Waals surface area contributed by atoms with Gasteiger partial charge >= 0.3 is 5.97 Å². The van der Waals surface area contributed by atoms with Gasteiger partial charge in [-0.2, -0.15) is 0 Å². The molecule has 0 radical (unpaired) electrons. The molecule has 0 fully saturated rings. The molecule has 2 rings (SSSR count). The first-order valence-corrected chi connectivity index (χ1v) is 4.88. The first kappa shape index (κ1) is 10.1. The van der Waals surface area contributed by atoms with Crippen molar-refractivity contribution in [2.75, 3.05) is 0 Å². The summed E-state index contributed by atoms with van der Waals surface area (Å²) in [5.41, 5.74) is 2.10. The maximum Gasteiger partial charge on any atom is 0.339 e. The van der Waals surface area contributed by atoms with Crippen LogP contribution in [0.1, 0.15) is 15.9 Å². The molecule has 0 saturated heterocycles. The van der Waals surface area contributed by atoms with Crippen molar-refractivity contribution in [1.82, 2.24) is 4.57 Å². The zero-order valence-corrected chi connectivity index (χ0v) is 9.17. The number of carboxylic acids is 1. The predicted octanol–water partition coefficient (Wildman–Crippen LogP) is 2.84. The summed E-state index contributed by atoms with van der Waals surface area (Å²) in [6, 6.07) is 5.60. The largest absolute Gasteiger partial charge is 0.478 e. The quantitative estimate of drug-likeness (QED) is 0.808. The molecule has 0 bridgehead atoms. The number of benzene rings is 1. The minimum absolute atomic E-state index is 0.175. The van der Waals surface area contributed by atoms with Crippen LogP contribution in [0, 0.1) is 6.92 Å². The summed E-state index contributed by atoms with van der Waals surface area (Å²) in [4.78, 5) is 11.0. The van der Waals surface area contributed by atoms with Gasteiger partial charge < -0.3 is 9.67 Å². The summed E-state index contributed by atoms with van der Waals surface area (Å²) in [6.45, 7) is 1.96. The molecule has 1 heterocycles. The van der Waals surface area contributed by atoms with Crippen molar-refractivity contribution < 1.29 is 9.90 Å². The second-order valence-electron chi connectivity index (χ2n) is 3.55. The van der Waals surface area contributed by atoms with E-state index in [-0.39, 0.29) is 10.7 Å². The number of carbonyl (C=O) groups is 1. The Kier molecular flexibility index (Phi) is 2.20. The van der Waals surface area contributed by atoms with Gasteiger partial charge in [-0.15, -0.1) is 0 Å². The minimum Gasteiger partial charge on any atom is -0.478 e. The number of nitrogens with zero attached hydrogens (tertiary/aromatic N) is 1.